The second-order valence-electron chi connectivity index (χ2n) is 6.87. The van der Waals surface area contributed by atoms with Crippen LogP contribution in [-0.4, -0.2) is 24.1 Å². The van der Waals surface area contributed by atoms with E-state index in [9.17, 15) is 13.6 Å². The molecule has 156 valence electrons. The Morgan fingerprint density at radius 1 is 1.07 bits per heavy atom. The molecule has 1 amide bonds. The first-order chi connectivity index (χ1) is 13.6. The number of nitrogens with one attached hydrogen (secondary N) is 2. The van der Waals surface area contributed by atoms with Crippen molar-refractivity contribution in [2.75, 3.05) is 0 Å². The zero-order valence-corrected chi connectivity index (χ0v) is 16.9. The molecular weight excluding hydrogens is 400 g/mol. The Morgan fingerprint density at radius 3 is 2.21 bits per heavy atom. The number of aliphatic imine (C=N–C) groups is 1. The van der Waals surface area contributed by atoms with Gasteiger partial charge in [0.15, 0.2) is 0 Å². The minimum absolute atomic E-state index is 0.0301. The van der Waals surface area contributed by atoms with Crippen molar-refractivity contribution in [2.45, 2.75) is 38.5 Å². The maximum absolute atomic E-state index is 13.4. The van der Waals surface area contributed by atoms with Crippen molar-refractivity contribution < 1.29 is 13.6 Å². The Kier molecular flexibility index (Phi) is 8.07. The van der Waals surface area contributed by atoms with Crippen LogP contribution in [0.25, 0.3) is 0 Å². The van der Waals surface area contributed by atoms with E-state index in [2.05, 4.69) is 15.6 Å². The Labute approximate surface area is 173 Å². The molecule has 0 fully saturated rings. The van der Waals surface area contributed by atoms with Crippen LogP contribution >= 0.6 is 11.6 Å². The number of nitrogens with zero attached hydrogens (tertiary/aromatic N) is 1. The number of hydrogen-bond donors (Lipinski definition) is 4. The molecule has 0 aliphatic carbocycles. The lowest BCUT2D eigenvalue weighted by atomic mass is 10.0. The second kappa shape index (κ2) is 10.3. The molecule has 2 rings (SSSR count). The fourth-order valence-electron chi connectivity index (χ4n) is 2.57. The molecule has 0 aromatic heterocycles. The molecule has 0 aliphatic rings. The minimum Gasteiger partial charge on any atom is -0.354 e. The largest absolute Gasteiger partial charge is 0.354 e. The first kappa shape index (κ1) is 22.7. The minimum atomic E-state index is -0.723. The van der Waals surface area contributed by atoms with Crippen molar-refractivity contribution >= 4 is 23.5 Å². The average molecular weight is 424 g/mol. The summed E-state index contributed by atoms with van der Waals surface area (Å²) in [6.07, 6.45) is -0.573. The van der Waals surface area contributed by atoms with Crippen molar-refractivity contribution in [1.29, 1.82) is 0 Å². The van der Waals surface area contributed by atoms with Gasteiger partial charge in [-0.05, 0) is 62.2 Å². The van der Waals surface area contributed by atoms with Gasteiger partial charge in [0.2, 0.25) is 5.96 Å². The first-order valence-corrected chi connectivity index (χ1v) is 9.40. The quantitative estimate of drug-likeness (QED) is 0.324. The molecule has 2 aromatic rings. The number of carbonyl (C=O) groups is 1. The topological polar surface area (TPSA) is 106 Å². The molecule has 9 heteroatoms. The number of halogens is 3. The Morgan fingerprint density at radius 2 is 1.66 bits per heavy atom. The number of benzene rings is 2. The van der Waals surface area contributed by atoms with Crippen LogP contribution in [0.2, 0.25) is 5.02 Å². The summed E-state index contributed by atoms with van der Waals surface area (Å²) in [5.74, 6) is -1.74. The summed E-state index contributed by atoms with van der Waals surface area (Å²) < 4.78 is 26.8. The number of amides is 1. The molecule has 0 saturated heterocycles. The number of nitrogens with two attached hydrogens (primary N) is 2. The third-order valence-electron chi connectivity index (χ3n) is 3.87. The zero-order chi connectivity index (χ0) is 21.6. The van der Waals surface area contributed by atoms with E-state index >= 15 is 0 Å². The van der Waals surface area contributed by atoms with Crippen molar-refractivity contribution in [3.8, 4) is 0 Å². The van der Waals surface area contributed by atoms with Crippen LogP contribution < -0.4 is 22.1 Å². The summed E-state index contributed by atoms with van der Waals surface area (Å²) in [6, 6.07) is 8.66. The van der Waals surface area contributed by atoms with Gasteiger partial charge in [-0.1, -0.05) is 11.6 Å². The first-order valence-electron chi connectivity index (χ1n) is 9.03. The summed E-state index contributed by atoms with van der Waals surface area (Å²) in [5, 5.41) is 6.41. The molecule has 2 unspecified atom stereocenters. The van der Waals surface area contributed by atoms with Gasteiger partial charge >= 0.3 is 0 Å². The van der Waals surface area contributed by atoms with Crippen molar-refractivity contribution in [2.24, 2.45) is 16.5 Å². The molecular formula is C20H24ClF2N5O. The van der Waals surface area contributed by atoms with Gasteiger partial charge in [0, 0.05) is 28.7 Å². The maximum atomic E-state index is 13.4. The van der Waals surface area contributed by atoms with E-state index in [1.165, 1.54) is 0 Å². The lowest BCUT2D eigenvalue weighted by Crippen LogP contribution is -2.50. The smallest absolute Gasteiger partial charge is 0.280 e. The van der Waals surface area contributed by atoms with Gasteiger partial charge in [-0.15, -0.1) is 0 Å². The van der Waals surface area contributed by atoms with E-state index in [1.54, 1.807) is 24.3 Å². The van der Waals surface area contributed by atoms with Gasteiger partial charge in [-0.2, -0.15) is 4.99 Å². The van der Waals surface area contributed by atoms with Crippen LogP contribution in [0.15, 0.2) is 47.5 Å². The van der Waals surface area contributed by atoms with Crippen LogP contribution in [0.4, 0.5) is 8.78 Å². The molecule has 6 nitrogen and oxygen atoms in total. The summed E-state index contributed by atoms with van der Waals surface area (Å²) in [4.78, 5) is 16.4. The molecule has 0 heterocycles. The van der Waals surface area contributed by atoms with E-state index in [-0.39, 0.29) is 24.0 Å². The normalized spacial score (nSPS) is 13.9. The SMILES string of the molecule is CC(C)N/C(=N/C(=O)c1ccc(Cl)cc1)NC(N)CC(N)c1cc(F)cc(F)c1. The number of hydrogen-bond acceptors (Lipinski definition) is 3. The van der Waals surface area contributed by atoms with Gasteiger partial charge in [0.05, 0.1) is 6.17 Å². The number of guanidine groups is 1. The highest BCUT2D eigenvalue weighted by atomic mass is 35.5. The van der Waals surface area contributed by atoms with Crippen molar-refractivity contribution in [3.05, 3.63) is 70.2 Å². The molecule has 0 saturated carbocycles. The average Bonchev–Trinajstić information content (AvgIpc) is 2.60. The van der Waals surface area contributed by atoms with Crippen LogP contribution in [0.3, 0.4) is 0 Å². The van der Waals surface area contributed by atoms with Gasteiger partial charge < -0.3 is 22.1 Å². The molecule has 0 spiro atoms. The molecule has 29 heavy (non-hydrogen) atoms. The Bertz CT molecular complexity index is 853. The highest BCUT2D eigenvalue weighted by molar-refractivity contribution is 6.30. The lowest BCUT2D eigenvalue weighted by molar-refractivity contribution is 0.100. The fraction of sp³-hybridized carbons (Fsp3) is 0.300. The molecule has 2 atom stereocenters. The predicted octanol–water partition coefficient (Wildman–Crippen LogP) is 3.08. The Balaban J connectivity index is 2.09. The van der Waals surface area contributed by atoms with Crippen LogP contribution in [0.5, 0.6) is 0 Å². The van der Waals surface area contributed by atoms with E-state index in [1.807, 2.05) is 13.8 Å². The summed E-state index contributed by atoms with van der Waals surface area (Å²) in [6.45, 7) is 3.74. The monoisotopic (exact) mass is 423 g/mol. The van der Waals surface area contributed by atoms with E-state index in [0.717, 1.165) is 18.2 Å². The summed E-state index contributed by atoms with van der Waals surface area (Å²) in [7, 11) is 0. The third-order valence-corrected chi connectivity index (χ3v) is 4.12. The van der Waals surface area contributed by atoms with Crippen molar-refractivity contribution in [1.82, 2.24) is 10.6 Å². The second-order valence-corrected chi connectivity index (χ2v) is 7.30. The van der Waals surface area contributed by atoms with Crippen molar-refractivity contribution in [3.63, 3.8) is 0 Å². The summed E-state index contributed by atoms with van der Waals surface area (Å²) in [5.41, 5.74) is 12.7. The van der Waals surface area contributed by atoms with E-state index in [0.29, 0.717) is 10.6 Å². The third kappa shape index (κ3) is 7.41. The lowest BCUT2D eigenvalue weighted by Gasteiger charge is -2.22. The molecule has 0 bridgehead atoms. The molecule has 2 aromatic carbocycles. The van der Waals surface area contributed by atoms with Gasteiger partial charge in [-0.3, -0.25) is 4.79 Å². The standard InChI is InChI=1S/C20H24ClF2N5O/c1-11(2)26-20(28-19(29)12-3-5-14(21)6-4-12)27-18(25)10-17(24)13-7-15(22)9-16(23)8-13/h3-9,11,17-18H,10,24-25H2,1-2H3,(H2,26,27,28,29). The predicted molar refractivity (Wildman–Crippen MR) is 111 cm³/mol. The highest BCUT2D eigenvalue weighted by Gasteiger charge is 2.16. The van der Waals surface area contributed by atoms with Crippen LogP contribution in [0, 0.1) is 11.6 Å². The molecule has 0 aliphatic heterocycles. The van der Waals surface area contributed by atoms with E-state index < -0.39 is 29.7 Å². The zero-order valence-electron chi connectivity index (χ0n) is 16.1. The van der Waals surface area contributed by atoms with Crippen LogP contribution in [0.1, 0.15) is 42.2 Å². The fourth-order valence-corrected chi connectivity index (χ4v) is 2.70. The Hall–Kier alpha value is -2.55. The number of rotatable bonds is 6. The molecule has 0 radical (unpaired) electrons. The maximum Gasteiger partial charge on any atom is 0.280 e. The van der Waals surface area contributed by atoms with Gasteiger partial charge in [-0.25, -0.2) is 8.78 Å². The van der Waals surface area contributed by atoms with Gasteiger partial charge in [0.1, 0.15) is 11.6 Å². The molecule has 6 N–H and O–H groups in total. The summed E-state index contributed by atoms with van der Waals surface area (Å²) >= 11 is 5.83. The number of carbonyl (C=O) groups excluding carboxylic acids is 1. The van der Waals surface area contributed by atoms with Gasteiger partial charge in [0.25, 0.3) is 5.91 Å². The highest BCUT2D eigenvalue weighted by Crippen LogP contribution is 2.17. The van der Waals surface area contributed by atoms with Crippen LogP contribution in [-0.2, 0) is 0 Å². The van der Waals surface area contributed by atoms with E-state index in [4.69, 9.17) is 23.1 Å².